The Labute approximate surface area is 172 Å². The molecular weight excluding hydrogens is 328 g/mol. The summed E-state index contributed by atoms with van der Waals surface area (Å²) >= 11 is 0. The topological polar surface area (TPSA) is 9.23 Å². The monoisotopic (exact) mass is 378 g/mol. The molecule has 160 valence electrons. The molecule has 0 N–H and O–H groups in total. The molecule has 0 aliphatic carbocycles. The van der Waals surface area contributed by atoms with Crippen LogP contribution in [0.25, 0.3) is 0 Å². The number of hydrogen-bond acceptors (Lipinski definition) is 1. The fraction of sp³-hybridized carbons (Fsp3) is 0.846. The van der Waals surface area contributed by atoms with E-state index in [2.05, 4.69) is 53.7 Å². The molecule has 0 radical (unpaired) electrons. The minimum absolute atomic E-state index is 0.922. The summed E-state index contributed by atoms with van der Waals surface area (Å²) in [5, 5.41) is 0. The third-order valence-corrected chi connectivity index (χ3v) is 5.91. The Morgan fingerprint density at radius 3 is 1.33 bits per heavy atom. The van der Waals surface area contributed by atoms with Gasteiger partial charge in [-0.3, -0.25) is 0 Å². The Morgan fingerprint density at radius 2 is 1.00 bits per heavy atom. The molecule has 0 spiro atoms. The standard InChI is InChI=1S/C26H50O/c1-7-11-19-25(9-3)21-15-13-17-23(5)27-24(6)18-14-16-22-26(10-4)20-12-8-2/h17-18,25-26H,7-16,19-22H2,1-6H3. The van der Waals surface area contributed by atoms with Crippen LogP contribution >= 0.6 is 0 Å². The van der Waals surface area contributed by atoms with Crippen molar-refractivity contribution in [2.24, 2.45) is 11.8 Å². The van der Waals surface area contributed by atoms with Gasteiger partial charge in [0.05, 0.1) is 11.5 Å². The van der Waals surface area contributed by atoms with Crippen molar-refractivity contribution in [1.82, 2.24) is 0 Å². The molecular formula is C26H50O. The van der Waals surface area contributed by atoms with Gasteiger partial charge in [0.1, 0.15) is 0 Å². The van der Waals surface area contributed by atoms with Crippen LogP contribution in [0, 0.1) is 11.8 Å². The van der Waals surface area contributed by atoms with E-state index in [-0.39, 0.29) is 0 Å². The third kappa shape index (κ3) is 16.0. The summed E-state index contributed by atoms with van der Waals surface area (Å²) in [7, 11) is 0. The maximum Gasteiger partial charge on any atom is 0.0965 e. The second kappa shape index (κ2) is 18.6. The molecule has 0 aromatic heterocycles. The minimum atomic E-state index is 0.922. The molecule has 0 fully saturated rings. The van der Waals surface area contributed by atoms with E-state index in [9.17, 15) is 0 Å². The van der Waals surface area contributed by atoms with Gasteiger partial charge in [0.25, 0.3) is 0 Å². The largest absolute Gasteiger partial charge is 0.467 e. The Bertz CT molecular complexity index is 344. The highest BCUT2D eigenvalue weighted by Crippen LogP contribution is 2.21. The Morgan fingerprint density at radius 1 is 0.630 bits per heavy atom. The van der Waals surface area contributed by atoms with Gasteiger partial charge in [0.2, 0.25) is 0 Å². The Kier molecular flexibility index (Phi) is 18.1. The number of unbranched alkanes of at least 4 members (excludes halogenated alkanes) is 4. The maximum atomic E-state index is 5.97. The van der Waals surface area contributed by atoms with Crippen molar-refractivity contribution in [3.8, 4) is 0 Å². The molecule has 0 aromatic rings. The van der Waals surface area contributed by atoms with E-state index in [1.54, 1.807) is 0 Å². The first-order chi connectivity index (χ1) is 13.1. The Hall–Kier alpha value is -0.720. The summed E-state index contributed by atoms with van der Waals surface area (Å²) in [6.45, 7) is 13.5. The van der Waals surface area contributed by atoms with Crippen LogP contribution in [0.1, 0.15) is 131 Å². The van der Waals surface area contributed by atoms with Crippen molar-refractivity contribution < 1.29 is 4.74 Å². The number of allylic oxidation sites excluding steroid dienone is 4. The predicted octanol–water partition coefficient (Wildman–Crippen LogP) is 9.58. The first-order valence-electron chi connectivity index (χ1n) is 12.1. The maximum absolute atomic E-state index is 5.97. The molecule has 0 aliphatic heterocycles. The van der Waals surface area contributed by atoms with Crippen molar-refractivity contribution in [2.45, 2.75) is 131 Å². The zero-order valence-corrected chi connectivity index (χ0v) is 19.6. The van der Waals surface area contributed by atoms with Gasteiger partial charge in [-0.15, -0.1) is 0 Å². The Balaban J connectivity index is 3.98. The molecule has 2 atom stereocenters. The van der Waals surface area contributed by atoms with Crippen LogP contribution in [0.5, 0.6) is 0 Å². The summed E-state index contributed by atoms with van der Waals surface area (Å²) in [6.07, 6.45) is 23.1. The summed E-state index contributed by atoms with van der Waals surface area (Å²) < 4.78 is 5.97. The molecule has 0 rings (SSSR count). The molecule has 1 heteroatoms. The highest BCUT2D eigenvalue weighted by Gasteiger charge is 2.06. The summed E-state index contributed by atoms with van der Waals surface area (Å²) in [4.78, 5) is 0. The van der Waals surface area contributed by atoms with E-state index in [0.717, 1.165) is 36.2 Å². The van der Waals surface area contributed by atoms with Crippen molar-refractivity contribution in [3.63, 3.8) is 0 Å². The molecule has 0 saturated heterocycles. The van der Waals surface area contributed by atoms with E-state index in [0.29, 0.717) is 0 Å². The van der Waals surface area contributed by atoms with E-state index < -0.39 is 0 Å². The van der Waals surface area contributed by atoms with Crippen LogP contribution in [0.3, 0.4) is 0 Å². The first-order valence-corrected chi connectivity index (χ1v) is 12.1. The highest BCUT2D eigenvalue weighted by atomic mass is 16.5. The first kappa shape index (κ1) is 26.3. The van der Waals surface area contributed by atoms with Crippen LogP contribution in [-0.2, 0) is 4.74 Å². The zero-order valence-electron chi connectivity index (χ0n) is 19.6. The second-order valence-electron chi connectivity index (χ2n) is 8.43. The summed E-state index contributed by atoms with van der Waals surface area (Å²) in [5.41, 5.74) is 0. The lowest BCUT2D eigenvalue weighted by Crippen LogP contribution is -1.98. The number of ether oxygens (including phenoxy) is 1. The van der Waals surface area contributed by atoms with Crippen molar-refractivity contribution in [2.75, 3.05) is 0 Å². The quantitative estimate of drug-likeness (QED) is 0.170. The second-order valence-corrected chi connectivity index (χ2v) is 8.43. The SMILES string of the molecule is CCCCC(CC)CCCC=C(C)OC(C)=CCCCC(CC)CCCC. The average Bonchev–Trinajstić information content (AvgIpc) is 2.66. The van der Waals surface area contributed by atoms with Gasteiger partial charge in [0.15, 0.2) is 0 Å². The van der Waals surface area contributed by atoms with Crippen LogP contribution < -0.4 is 0 Å². The number of rotatable bonds is 18. The van der Waals surface area contributed by atoms with Gasteiger partial charge in [-0.25, -0.2) is 0 Å². The van der Waals surface area contributed by atoms with Crippen molar-refractivity contribution in [3.05, 3.63) is 23.7 Å². The van der Waals surface area contributed by atoms with Gasteiger partial charge < -0.3 is 4.74 Å². The molecule has 0 bridgehead atoms. The molecule has 0 aromatic carbocycles. The van der Waals surface area contributed by atoms with E-state index in [4.69, 9.17) is 4.74 Å². The van der Waals surface area contributed by atoms with Crippen LogP contribution in [-0.4, -0.2) is 0 Å². The fourth-order valence-corrected chi connectivity index (χ4v) is 3.85. The lowest BCUT2D eigenvalue weighted by atomic mass is 9.93. The van der Waals surface area contributed by atoms with Crippen molar-refractivity contribution >= 4 is 0 Å². The van der Waals surface area contributed by atoms with Gasteiger partial charge in [-0.1, -0.05) is 91.9 Å². The highest BCUT2D eigenvalue weighted by molar-refractivity contribution is 4.97. The molecule has 0 aliphatic rings. The molecule has 1 nitrogen and oxygen atoms in total. The van der Waals surface area contributed by atoms with E-state index >= 15 is 0 Å². The average molecular weight is 379 g/mol. The van der Waals surface area contributed by atoms with Crippen LogP contribution in [0.4, 0.5) is 0 Å². The molecule has 0 amide bonds. The van der Waals surface area contributed by atoms with E-state index in [1.165, 1.54) is 77.0 Å². The minimum Gasteiger partial charge on any atom is -0.467 e. The predicted molar refractivity (Wildman–Crippen MR) is 123 cm³/mol. The van der Waals surface area contributed by atoms with Crippen LogP contribution in [0.2, 0.25) is 0 Å². The van der Waals surface area contributed by atoms with Gasteiger partial charge in [0, 0.05) is 0 Å². The van der Waals surface area contributed by atoms with Crippen LogP contribution in [0.15, 0.2) is 23.7 Å². The van der Waals surface area contributed by atoms with E-state index in [1.807, 2.05) is 0 Å². The number of hydrogen-bond donors (Lipinski definition) is 0. The molecule has 0 heterocycles. The normalized spacial score (nSPS) is 15.0. The van der Waals surface area contributed by atoms with Gasteiger partial charge >= 0.3 is 0 Å². The zero-order chi connectivity index (χ0) is 20.3. The molecule has 2 unspecified atom stereocenters. The summed E-state index contributed by atoms with van der Waals surface area (Å²) in [5.74, 6) is 3.98. The smallest absolute Gasteiger partial charge is 0.0965 e. The molecule has 0 saturated carbocycles. The van der Waals surface area contributed by atoms with Crippen molar-refractivity contribution in [1.29, 1.82) is 0 Å². The lowest BCUT2D eigenvalue weighted by Gasteiger charge is -2.14. The molecule has 27 heavy (non-hydrogen) atoms. The van der Waals surface area contributed by atoms with Gasteiger partial charge in [-0.05, 0) is 63.5 Å². The van der Waals surface area contributed by atoms with Gasteiger partial charge in [-0.2, -0.15) is 0 Å². The fourth-order valence-electron chi connectivity index (χ4n) is 3.85. The third-order valence-electron chi connectivity index (χ3n) is 5.91. The lowest BCUT2D eigenvalue weighted by molar-refractivity contribution is 0.304. The summed E-state index contributed by atoms with van der Waals surface area (Å²) in [6, 6.07) is 0.